The van der Waals surface area contributed by atoms with E-state index in [9.17, 15) is 14.7 Å². The lowest BCUT2D eigenvalue weighted by Crippen LogP contribution is -2.52. The van der Waals surface area contributed by atoms with Gasteiger partial charge in [-0.05, 0) is 73.5 Å². The molecule has 5 atom stereocenters. The Kier molecular flexibility index (Phi) is 9.54. The van der Waals surface area contributed by atoms with E-state index in [1.807, 2.05) is 6.92 Å². The Balaban J connectivity index is 2.34. The van der Waals surface area contributed by atoms with E-state index in [-0.39, 0.29) is 53.0 Å². The molecule has 0 aromatic carbocycles. The summed E-state index contributed by atoms with van der Waals surface area (Å²) in [5.41, 5.74) is -2.50. The molecule has 1 heterocycles. The summed E-state index contributed by atoms with van der Waals surface area (Å²) in [6.07, 6.45) is 3.93. The van der Waals surface area contributed by atoms with Crippen molar-refractivity contribution in [3.05, 3.63) is 0 Å². The minimum atomic E-state index is -0.737. The topological polar surface area (TPSA) is 84.9 Å². The van der Waals surface area contributed by atoms with E-state index in [4.69, 9.17) is 9.47 Å². The van der Waals surface area contributed by atoms with Gasteiger partial charge < -0.3 is 14.6 Å². The second kappa shape index (κ2) is 10.9. The van der Waals surface area contributed by atoms with Gasteiger partial charge in [0, 0.05) is 11.5 Å². The van der Waals surface area contributed by atoms with Crippen molar-refractivity contribution in [3.63, 3.8) is 0 Å². The Morgan fingerprint density at radius 2 is 1.49 bits per heavy atom. The Hall–Kier alpha value is -1.14. The van der Waals surface area contributed by atoms with E-state index < -0.39 is 16.2 Å². The van der Waals surface area contributed by atoms with Gasteiger partial charge in [-0.3, -0.25) is 14.9 Å². The van der Waals surface area contributed by atoms with Crippen LogP contribution in [0.25, 0.3) is 0 Å². The summed E-state index contributed by atoms with van der Waals surface area (Å²) in [5, 5.41) is 12.9. The molecule has 0 amide bonds. The molecular weight excluding hydrogens is 490 g/mol. The van der Waals surface area contributed by atoms with E-state index in [2.05, 4.69) is 95.3 Å². The summed E-state index contributed by atoms with van der Waals surface area (Å²) in [4.78, 5) is 27.5. The molecule has 1 aliphatic carbocycles. The third-order valence-electron chi connectivity index (χ3n) is 11.4. The monoisotopic (exact) mass is 551 g/mol. The summed E-state index contributed by atoms with van der Waals surface area (Å²) in [6, 6.07) is 0.364. The van der Waals surface area contributed by atoms with Gasteiger partial charge in [-0.25, -0.2) is 0 Å². The molecule has 6 nitrogen and oxygen atoms in total. The summed E-state index contributed by atoms with van der Waals surface area (Å²) in [6.45, 7) is 30.1. The molecule has 0 radical (unpaired) electrons. The third kappa shape index (κ3) is 6.22. The van der Waals surface area contributed by atoms with Crippen LogP contribution >= 0.6 is 0 Å². The summed E-state index contributed by atoms with van der Waals surface area (Å²) in [5.74, 6) is -0.105. The van der Waals surface area contributed by atoms with Crippen LogP contribution < -0.4 is 5.32 Å². The van der Waals surface area contributed by atoms with Crippen molar-refractivity contribution >= 4 is 11.9 Å². The molecule has 0 aromatic heterocycles. The molecule has 2 unspecified atom stereocenters. The largest absolute Gasteiger partial charge is 0.463 e. The number of esters is 2. The van der Waals surface area contributed by atoms with Gasteiger partial charge in [-0.2, -0.15) is 0 Å². The second-order valence-electron chi connectivity index (χ2n) is 17.0. The molecule has 1 saturated carbocycles. The maximum atomic E-state index is 14.1. The van der Waals surface area contributed by atoms with Crippen molar-refractivity contribution in [3.8, 4) is 0 Å². The number of fused-ring (bicyclic) bond motifs is 2. The van der Waals surface area contributed by atoms with Gasteiger partial charge in [0.2, 0.25) is 0 Å². The van der Waals surface area contributed by atoms with Crippen LogP contribution in [0.15, 0.2) is 0 Å². The van der Waals surface area contributed by atoms with Crippen LogP contribution in [0.2, 0.25) is 0 Å². The van der Waals surface area contributed by atoms with Crippen LogP contribution in [-0.2, 0) is 19.1 Å². The molecule has 1 saturated heterocycles. The molecule has 228 valence electrons. The van der Waals surface area contributed by atoms with Gasteiger partial charge in [0.1, 0.15) is 6.61 Å². The van der Waals surface area contributed by atoms with E-state index in [1.165, 1.54) is 0 Å². The highest BCUT2D eigenvalue weighted by molar-refractivity contribution is 5.78. The average molecular weight is 552 g/mol. The first-order valence-electron chi connectivity index (χ1n) is 15.2. The van der Waals surface area contributed by atoms with Gasteiger partial charge in [-0.1, -0.05) is 83.1 Å². The Morgan fingerprint density at radius 1 is 0.923 bits per heavy atom. The van der Waals surface area contributed by atoms with Gasteiger partial charge in [0.25, 0.3) is 0 Å². The molecule has 2 fully saturated rings. The summed E-state index contributed by atoms with van der Waals surface area (Å²) >= 11 is 0. The summed E-state index contributed by atoms with van der Waals surface area (Å²) in [7, 11) is 0. The first-order chi connectivity index (χ1) is 17.4. The zero-order chi connectivity index (χ0) is 30.5. The third-order valence-corrected chi connectivity index (χ3v) is 11.4. The fourth-order valence-electron chi connectivity index (χ4n) is 7.86. The molecular formula is C33H61NO5. The number of aliphatic hydroxyl groups excluding tert-OH is 1. The van der Waals surface area contributed by atoms with Crippen LogP contribution in [-0.4, -0.2) is 42.5 Å². The molecule has 2 bridgehead atoms. The molecule has 39 heavy (non-hydrogen) atoms. The first-order valence-corrected chi connectivity index (χ1v) is 15.2. The van der Waals surface area contributed by atoms with Crippen LogP contribution in [0, 0.1) is 43.8 Å². The molecule has 2 aliphatic rings. The number of carbonyl (C=O) groups excluding carboxylic acids is 2. The number of rotatable bonds is 12. The normalized spacial score (nSPS) is 28.2. The lowest BCUT2D eigenvalue weighted by Gasteiger charge is -2.50. The summed E-state index contributed by atoms with van der Waals surface area (Å²) < 4.78 is 11.9. The highest BCUT2D eigenvalue weighted by Gasteiger charge is 2.64. The highest BCUT2D eigenvalue weighted by atomic mass is 16.6. The number of ether oxygens (including phenoxy) is 2. The van der Waals surface area contributed by atoms with Crippen molar-refractivity contribution in [1.29, 1.82) is 0 Å². The molecule has 0 aromatic rings. The maximum Gasteiger partial charge on any atom is 0.313 e. The molecule has 0 spiro atoms. The Bertz CT molecular complexity index is 900. The number of carbonyl (C=O) groups is 2. The van der Waals surface area contributed by atoms with Gasteiger partial charge in [-0.15, -0.1) is 0 Å². The molecule has 1 aliphatic heterocycles. The lowest BCUT2D eigenvalue weighted by atomic mass is 9.54. The number of aliphatic hydroxyl groups is 1. The van der Waals surface area contributed by atoms with E-state index >= 15 is 0 Å². The van der Waals surface area contributed by atoms with Crippen LogP contribution in [0.5, 0.6) is 0 Å². The van der Waals surface area contributed by atoms with Crippen molar-refractivity contribution in [2.24, 2.45) is 43.8 Å². The fourth-order valence-corrected chi connectivity index (χ4v) is 7.86. The van der Waals surface area contributed by atoms with Crippen molar-refractivity contribution < 1.29 is 24.2 Å². The van der Waals surface area contributed by atoms with E-state index in [1.54, 1.807) is 0 Å². The molecule has 2 N–H and O–H groups in total. The van der Waals surface area contributed by atoms with Crippen molar-refractivity contribution in [1.82, 2.24) is 5.32 Å². The zero-order valence-corrected chi connectivity index (χ0v) is 27.8. The predicted molar refractivity (Wildman–Crippen MR) is 158 cm³/mol. The Morgan fingerprint density at radius 3 is 1.90 bits per heavy atom. The van der Waals surface area contributed by atoms with Gasteiger partial charge >= 0.3 is 11.9 Å². The number of piperidine rings is 1. The smallest absolute Gasteiger partial charge is 0.313 e. The fraction of sp³-hybridized carbons (Fsp3) is 0.939. The minimum Gasteiger partial charge on any atom is -0.463 e. The average Bonchev–Trinajstić information content (AvgIpc) is 3.08. The molecule has 2 rings (SSSR count). The van der Waals surface area contributed by atoms with Crippen LogP contribution in [0.1, 0.15) is 129 Å². The first kappa shape index (κ1) is 34.1. The minimum absolute atomic E-state index is 0.00567. The predicted octanol–water partition coefficient (Wildman–Crippen LogP) is 7.13. The van der Waals surface area contributed by atoms with Crippen molar-refractivity contribution in [2.75, 3.05) is 13.2 Å². The van der Waals surface area contributed by atoms with Gasteiger partial charge in [0.05, 0.1) is 17.4 Å². The zero-order valence-electron chi connectivity index (χ0n) is 27.8. The van der Waals surface area contributed by atoms with Crippen molar-refractivity contribution in [2.45, 2.75) is 141 Å². The number of nitrogens with one attached hydrogen (secondary N) is 1. The van der Waals surface area contributed by atoms with Gasteiger partial charge in [0.15, 0.2) is 6.23 Å². The number of hydrogen-bond donors (Lipinski definition) is 2. The second-order valence-corrected chi connectivity index (χ2v) is 17.0. The van der Waals surface area contributed by atoms with Crippen LogP contribution in [0.4, 0.5) is 0 Å². The SMILES string of the molecule is CC(C)CC(C)(C(=O)OCCO)C(C)(C)CC(C)(C)CC(C)(C(=O)O[C@H]1N[C@@H]2CC[C@]1(C)C2(C)C)C(C)(C)C. The number of hydrogen-bond acceptors (Lipinski definition) is 6. The molecule has 6 heteroatoms. The van der Waals surface area contributed by atoms with E-state index in [0.29, 0.717) is 24.8 Å². The lowest BCUT2D eigenvalue weighted by molar-refractivity contribution is -0.182. The Labute approximate surface area is 239 Å². The quantitative estimate of drug-likeness (QED) is 0.251. The standard InChI is InChI=1S/C33H61NO5/c1-22(2)19-32(13,25(36)38-18-17-35)29(8,9)20-28(6,7)21-33(14,27(3,4)5)26(37)39-24-31(12)16-15-23(34-24)30(31,10)11/h22-24,34-35H,15-21H2,1-14H3/t23-,24-,31+,32?,33?/m1/s1. The van der Waals surface area contributed by atoms with E-state index in [0.717, 1.165) is 19.3 Å². The maximum absolute atomic E-state index is 14.1. The highest BCUT2D eigenvalue weighted by Crippen LogP contribution is 2.60. The van der Waals surface area contributed by atoms with Crippen LogP contribution in [0.3, 0.4) is 0 Å².